The van der Waals surface area contributed by atoms with Crippen molar-refractivity contribution in [2.45, 2.75) is 51.8 Å². The standard InChI is InChI=1S/C15H25N3O6/c1-4-24-15(23)8(2)5-11(13(16)21)17-14(22)12-6-10(20)7-18(12)9(3)19/h8,10-12,20H,4-7H2,1-3H3,(H2,16,21)(H,17,22)/t8-,10+,11+,12-/m0/s1. The fourth-order valence-electron chi connectivity index (χ4n) is 2.66. The molecule has 1 aliphatic heterocycles. The number of nitrogens with zero attached hydrogens (tertiary/aromatic N) is 1. The van der Waals surface area contributed by atoms with E-state index in [0.717, 1.165) is 0 Å². The van der Waals surface area contributed by atoms with Crippen LogP contribution in [0.2, 0.25) is 0 Å². The highest BCUT2D eigenvalue weighted by atomic mass is 16.5. The minimum Gasteiger partial charge on any atom is -0.466 e. The maximum Gasteiger partial charge on any atom is 0.308 e. The van der Waals surface area contributed by atoms with Crippen LogP contribution in [0.5, 0.6) is 0 Å². The second-order valence-corrected chi connectivity index (χ2v) is 5.93. The van der Waals surface area contributed by atoms with Crippen molar-refractivity contribution in [1.82, 2.24) is 10.2 Å². The zero-order chi connectivity index (χ0) is 18.4. The van der Waals surface area contributed by atoms with Gasteiger partial charge in [0.15, 0.2) is 0 Å². The van der Waals surface area contributed by atoms with Crippen LogP contribution in [0.15, 0.2) is 0 Å². The van der Waals surface area contributed by atoms with Crippen molar-refractivity contribution in [2.75, 3.05) is 13.2 Å². The smallest absolute Gasteiger partial charge is 0.308 e. The lowest BCUT2D eigenvalue weighted by molar-refractivity contribution is -0.148. The third kappa shape index (κ3) is 5.19. The predicted octanol–water partition coefficient (Wildman–Crippen LogP) is -1.47. The average molecular weight is 343 g/mol. The summed E-state index contributed by atoms with van der Waals surface area (Å²) in [5, 5.41) is 12.1. The molecular formula is C15H25N3O6. The molecule has 0 aromatic rings. The maximum absolute atomic E-state index is 12.4. The third-order valence-electron chi connectivity index (χ3n) is 3.92. The van der Waals surface area contributed by atoms with Crippen LogP contribution in [-0.2, 0) is 23.9 Å². The van der Waals surface area contributed by atoms with E-state index in [1.54, 1.807) is 13.8 Å². The lowest BCUT2D eigenvalue weighted by atomic mass is 10.0. The molecule has 1 rings (SSSR count). The summed E-state index contributed by atoms with van der Waals surface area (Å²) in [4.78, 5) is 48.4. The van der Waals surface area contributed by atoms with Gasteiger partial charge in [-0.2, -0.15) is 0 Å². The van der Waals surface area contributed by atoms with Crippen LogP contribution in [0.1, 0.15) is 33.6 Å². The van der Waals surface area contributed by atoms with Crippen LogP contribution in [0.4, 0.5) is 0 Å². The maximum atomic E-state index is 12.4. The second-order valence-electron chi connectivity index (χ2n) is 5.93. The summed E-state index contributed by atoms with van der Waals surface area (Å²) in [6.07, 6.45) is -0.713. The molecule has 0 unspecified atom stereocenters. The highest BCUT2D eigenvalue weighted by Crippen LogP contribution is 2.19. The lowest BCUT2D eigenvalue weighted by Crippen LogP contribution is -2.52. The number of hydrogen-bond donors (Lipinski definition) is 3. The number of nitrogens with one attached hydrogen (secondary N) is 1. The van der Waals surface area contributed by atoms with E-state index in [-0.39, 0.29) is 31.9 Å². The van der Waals surface area contributed by atoms with E-state index in [0.29, 0.717) is 0 Å². The molecule has 24 heavy (non-hydrogen) atoms. The van der Waals surface area contributed by atoms with Crippen molar-refractivity contribution in [2.24, 2.45) is 11.7 Å². The SMILES string of the molecule is CCOC(=O)[C@@H](C)C[C@@H](NC(=O)[C@@H]1C[C@@H](O)CN1C(C)=O)C(N)=O. The van der Waals surface area contributed by atoms with E-state index < -0.39 is 41.9 Å². The fraction of sp³-hybridized carbons (Fsp3) is 0.733. The minimum atomic E-state index is -1.07. The van der Waals surface area contributed by atoms with Gasteiger partial charge in [-0.1, -0.05) is 6.92 Å². The van der Waals surface area contributed by atoms with Crippen molar-refractivity contribution in [1.29, 1.82) is 0 Å². The Morgan fingerprint density at radius 3 is 2.50 bits per heavy atom. The molecule has 1 fully saturated rings. The van der Waals surface area contributed by atoms with Gasteiger partial charge >= 0.3 is 5.97 Å². The number of ether oxygens (including phenoxy) is 1. The van der Waals surface area contributed by atoms with Gasteiger partial charge in [-0.25, -0.2) is 0 Å². The molecule has 0 radical (unpaired) electrons. The molecule has 0 aromatic heterocycles. The molecule has 4 atom stereocenters. The second kappa shape index (κ2) is 8.62. The molecule has 1 aliphatic rings. The van der Waals surface area contributed by atoms with Crippen molar-refractivity contribution in [3.05, 3.63) is 0 Å². The first-order valence-corrected chi connectivity index (χ1v) is 7.88. The van der Waals surface area contributed by atoms with E-state index in [9.17, 15) is 24.3 Å². The molecular weight excluding hydrogens is 318 g/mol. The van der Waals surface area contributed by atoms with Gasteiger partial charge in [-0.15, -0.1) is 0 Å². The van der Waals surface area contributed by atoms with E-state index in [4.69, 9.17) is 10.5 Å². The van der Waals surface area contributed by atoms with Crippen molar-refractivity contribution < 1.29 is 29.0 Å². The van der Waals surface area contributed by atoms with Crippen molar-refractivity contribution in [3.63, 3.8) is 0 Å². The van der Waals surface area contributed by atoms with Gasteiger partial charge in [0.25, 0.3) is 0 Å². The van der Waals surface area contributed by atoms with Gasteiger partial charge in [0.2, 0.25) is 17.7 Å². The number of rotatable bonds is 7. The Balaban J connectivity index is 2.74. The molecule has 136 valence electrons. The minimum absolute atomic E-state index is 0.00471. The Labute approximate surface area is 140 Å². The fourth-order valence-corrected chi connectivity index (χ4v) is 2.66. The van der Waals surface area contributed by atoms with E-state index in [1.807, 2.05) is 0 Å². The van der Waals surface area contributed by atoms with Crippen LogP contribution in [0.3, 0.4) is 0 Å². The Hall–Kier alpha value is -2.16. The number of carbonyl (C=O) groups excluding carboxylic acids is 4. The van der Waals surface area contributed by atoms with Crippen LogP contribution >= 0.6 is 0 Å². The number of likely N-dealkylation sites (tertiary alicyclic amines) is 1. The summed E-state index contributed by atoms with van der Waals surface area (Å²) in [7, 11) is 0. The summed E-state index contributed by atoms with van der Waals surface area (Å²) in [5.41, 5.74) is 5.29. The number of β-amino-alcohol motifs (C(OH)–C–C–N with tert-alkyl or cyclic N) is 1. The lowest BCUT2D eigenvalue weighted by Gasteiger charge is -2.25. The molecule has 0 aromatic carbocycles. The van der Waals surface area contributed by atoms with Gasteiger partial charge in [0, 0.05) is 19.9 Å². The normalized spacial score (nSPS) is 22.6. The number of aliphatic hydroxyl groups excluding tert-OH is 1. The summed E-state index contributed by atoms with van der Waals surface area (Å²) >= 11 is 0. The highest BCUT2D eigenvalue weighted by Gasteiger charge is 2.39. The van der Waals surface area contributed by atoms with Crippen LogP contribution in [0, 0.1) is 5.92 Å². The van der Waals surface area contributed by atoms with E-state index in [1.165, 1.54) is 11.8 Å². The Morgan fingerprint density at radius 1 is 1.38 bits per heavy atom. The molecule has 0 saturated carbocycles. The monoisotopic (exact) mass is 343 g/mol. The molecule has 1 saturated heterocycles. The zero-order valence-corrected chi connectivity index (χ0v) is 14.2. The number of aliphatic hydroxyl groups is 1. The third-order valence-corrected chi connectivity index (χ3v) is 3.92. The number of primary amides is 1. The molecule has 3 amide bonds. The van der Waals surface area contributed by atoms with Gasteiger partial charge < -0.3 is 25.8 Å². The van der Waals surface area contributed by atoms with Gasteiger partial charge in [0.05, 0.1) is 18.6 Å². The topological polar surface area (TPSA) is 139 Å². The Bertz CT molecular complexity index is 509. The molecule has 0 spiro atoms. The first kappa shape index (κ1) is 19.9. The molecule has 0 aliphatic carbocycles. The zero-order valence-electron chi connectivity index (χ0n) is 14.2. The highest BCUT2D eigenvalue weighted by molar-refractivity contribution is 5.92. The number of amides is 3. The van der Waals surface area contributed by atoms with E-state index >= 15 is 0 Å². The first-order valence-electron chi connectivity index (χ1n) is 7.88. The van der Waals surface area contributed by atoms with Crippen LogP contribution < -0.4 is 11.1 Å². The van der Waals surface area contributed by atoms with Crippen LogP contribution in [-0.4, -0.2) is 65.0 Å². The molecule has 0 bridgehead atoms. The summed E-state index contributed by atoms with van der Waals surface area (Å²) < 4.78 is 4.86. The summed E-state index contributed by atoms with van der Waals surface area (Å²) in [6.45, 7) is 4.81. The predicted molar refractivity (Wildman–Crippen MR) is 83.3 cm³/mol. The average Bonchev–Trinajstić information content (AvgIpc) is 2.88. The summed E-state index contributed by atoms with van der Waals surface area (Å²) in [6, 6.07) is -1.93. The van der Waals surface area contributed by atoms with Crippen molar-refractivity contribution >= 4 is 23.7 Å². The molecule has 9 heteroatoms. The summed E-state index contributed by atoms with van der Waals surface area (Å²) in [5.74, 6) is -2.82. The molecule has 1 heterocycles. The Morgan fingerprint density at radius 2 is 2.00 bits per heavy atom. The first-order chi connectivity index (χ1) is 11.2. The number of hydrogen-bond acceptors (Lipinski definition) is 6. The Kier molecular flexibility index (Phi) is 7.15. The number of carbonyl (C=O) groups is 4. The molecule has 9 nitrogen and oxygen atoms in total. The molecule has 4 N–H and O–H groups in total. The largest absolute Gasteiger partial charge is 0.466 e. The number of esters is 1. The van der Waals surface area contributed by atoms with Gasteiger partial charge in [-0.05, 0) is 13.3 Å². The quantitative estimate of drug-likeness (QED) is 0.482. The number of nitrogens with two attached hydrogens (primary N) is 1. The van der Waals surface area contributed by atoms with Gasteiger partial charge in [0.1, 0.15) is 12.1 Å². The van der Waals surface area contributed by atoms with Crippen LogP contribution in [0.25, 0.3) is 0 Å². The van der Waals surface area contributed by atoms with Crippen molar-refractivity contribution in [3.8, 4) is 0 Å². The van der Waals surface area contributed by atoms with Gasteiger partial charge in [-0.3, -0.25) is 19.2 Å². The van der Waals surface area contributed by atoms with E-state index in [2.05, 4.69) is 5.32 Å².